The molecular formula is C25H34N2O2S. The summed E-state index contributed by atoms with van der Waals surface area (Å²) in [6.45, 7) is 10.4. The topological polar surface area (TPSA) is 49.4 Å². The van der Waals surface area contributed by atoms with Gasteiger partial charge < -0.3 is 10.2 Å². The maximum atomic E-state index is 13.1. The van der Waals surface area contributed by atoms with Gasteiger partial charge in [-0.25, -0.2) is 0 Å². The first-order chi connectivity index (χ1) is 14.3. The number of thioether (sulfide) groups is 1. The van der Waals surface area contributed by atoms with Crippen LogP contribution >= 0.6 is 11.8 Å². The first kappa shape index (κ1) is 24.0. The lowest BCUT2D eigenvalue weighted by Gasteiger charge is -2.29. The summed E-state index contributed by atoms with van der Waals surface area (Å²) in [5.41, 5.74) is 4.71. The van der Waals surface area contributed by atoms with E-state index < -0.39 is 6.04 Å². The Balaban J connectivity index is 2.06. The van der Waals surface area contributed by atoms with E-state index in [1.165, 1.54) is 16.7 Å². The summed E-state index contributed by atoms with van der Waals surface area (Å²) in [6, 6.07) is 15.9. The number of carbonyl (C=O) groups excluding carboxylic acids is 2. The van der Waals surface area contributed by atoms with E-state index in [-0.39, 0.29) is 17.9 Å². The Morgan fingerprint density at radius 3 is 2.23 bits per heavy atom. The molecule has 0 saturated carbocycles. The van der Waals surface area contributed by atoms with Crippen LogP contribution in [0.25, 0.3) is 0 Å². The molecule has 0 unspecified atom stereocenters. The smallest absolute Gasteiger partial charge is 0.242 e. The molecule has 0 aliphatic heterocycles. The van der Waals surface area contributed by atoms with Gasteiger partial charge in [-0.3, -0.25) is 9.59 Å². The van der Waals surface area contributed by atoms with Gasteiger partial charge in [-0.05, 0) is 45.2 Å². The summed E-state index contributed by atoms with van der Waals surface area (Å²) in [6.07, 6.45) is 0.858. The molecule has 2 aromatic rings. The van der Waals surface area contributed by atoms with Crippen LogP contribution in [0.3, 0.4) is 0 Å². The summed E-state index contributed by atoms with van der Waals surface area (Å²) in [5.74, 6) is 1.01. The van der Waals surface area contributed by atoms with E-state index >= 15 is 0 Å². The molecule has 2 amide bonds. The van der Waals surface area contributed by atoms with Gasteiger partial charge in [-0.15, -0.1) is 11.8 Å². The average molecular weight is 427 g/mol. The van der Waals surface area contributed by atoms with Crippen LogP contribution in [0.5, 0.6) is 0 Å². The number of amides is 2. The largest absolute Gasteiger partial charge is 0.352 e. The molecule has 2 atom stereocenters. The van der Waals surface area contributed by atoms with Crippen molar-refractivity contribution >= 4 is 23.6 Å². The normalized spacial score (nSPS) is 12.8. The summed E-state index contributed by atoms with van der Waals surface area (Å²) in [5, 5.41) is 3.01. The lowest BCUT2D eigenvalue weighted by molar-refractivity contribution is -0.138. The minimum absolute atomic E-state index is 0.0139. The lowest BCUT2D eigenvalue weighted by Crippen LogP contribution is -2.50. The Morgan fingerprint density at radius 2 is 1.63 bits per heavy atom. The minimum Gasteiger partial charge on any atom is -0.352 e. The second-order valence-corrected chi connectivity index (χ2v) is 8.98. The van der Waals surface area contributed by atoms with Crippen molar-refractivity contribution in [2.45, 2.75) is 65.4 Å². The molecule has 162 valence electrons. The highest BCUT2D eigenvalue weighted by molar-refractivity contribution is 7.99. The fourth-order valence-corrected chi connectivity index (χ4v) is 4.16. The Labute approximate surface area is 185 Å². The highest BCUT2D eigenvalue weighted by Crippen LogP contribution is 2.18. The van der Waals surface area contributed by atoms with Gasteiger partial charge in [0.1, 0.15) is 6.04 Å². The van der Waals surface area contributed by atoms with Crippen LogP contribution in [-0.2, 0) is 21.9 Å². The second kappa shape index (κ2) is 11.8. The first-order valence-corrected chi connectivity index (χ1v) is 11.7. The van der Waals surface area contributed by atoms with E-state index in [0.717, 1.165) is 17.7 Å². The predicted molar refractivity (Wildman–Crippen MR) is 126 cm³/mol. The molecule has 2 aromatic carbocycles. The van der Waals surface area contributed by atoms with E-state index in [9.17, 15) is 9.59 Å². The van der Waals surface area contributed by atoms with Gasteiger partial charge >= 0.3 is 0 Å². The average Bonchev–Trinajstić information content (AvgIpc) is 2.71. The molecule has 5 heteroatoms. The highest BCUT2D eigenvalue weighted by atomic mass is 32.2. The molecule has 30 heavy (non-hydrogen) atoms. The van der Waals surface area contributed by atoms with E-state index in [2.05, 4.69) is 37.4 Å². The zero-order valence-electron chi connectivity index (χ0n) is 18.8. The standard InChI is InChI=1S/C25H34N2O2S/c1-6-20(4)26-25(29)21(5)27(15-22-10-8-7-9-11-22)24(28)17-30-16-23-13-18(2)12-19(3)14-23/h7-14,20-21H,6,15-17H2,1-5H3,(H,26,29)/t20-,21-/m0/s1. The molecule has 0 heterocycles. The van der Waals surface area contributed by atoms with Crippen molar-refractivity contribution in [3.05, 3.63) is 70.8 Å². The van der Waals surface area contributed by atoms with Crippen LogP contribution in [0.2, 0.25) is 0 Å². The molecule has 0 radical (unpaired) electrons. The summed E-state index contributed by atoms with van der Waals surface area (Å²) in [4.78, 5) is 27.5. The van der Waals surface area contributed by atoms with Crippen molar-refractivity contribution in [2.75, 3.05) is 5.75 Å². The summed E-state index contributed by atoms with van der Waals surface area (Å²) >= 11 is 1.60. The van der Waals surface area contributed by atoms with Crippen LogP contribution in [-0.4, -0.2) is 34.6 Å². The maximum Gasteiger partial charge on any atom is 0.242 e. The molecule has 0 aliphatic carbocycles. The monoisotopic (exact) mass is 426 g/mol. The maximum absolute atomic E-state index is 13.1. The van der Waals surface area contributed by atoms with Crippen LogP contribution in [0.15, 0.2) is 48.5 Å². The molecule has 0 bridgehead atoms. The SMILES string of the molecule is CC[C@H](C)NC(=O)[C@H](C)N(Cc1ccccc1)C(=O)CSCc1cc(C)cc(C)c1. The van der Waals surface area contributed by atoms with Gasteiger partial charge in [0.15, 0.2) is 0 Å². The minimum atomic E-state index is -0.520. The van der Waals surface area contributed by atoms with Gasteiger partial charge in [0, 0.05) is 18.3 Å². The molecule has 0 spiro atoms. The van der Waals surface area contributed by atoms with Crippen molar-refractivity contribution in [2.24, 2.45) is 0 Å². The Morgan fingerprint density at radius 1 is 1.00 bits per heavy atom. The molecule has 0 aromatic heterocycles. The van der Waals surface area contributed by atoms with Gasteiger partial charge in [0.05, 0.1) is 5.75 Å². The number of benzene rings is 2. The number of hydrogen-bond acceptors (Lipinski definition) is 3. The molecule has 4 nitrogen and oxygen atoms in total. The number of rotatable bonds is 10. The fourth-order valence-electron chi connectivity index (χ4n) is 3.32. The van der Waals surface area contributed by atoms with Crippen molar-refractivity contribution in [3.63, 3.8) is 0 Å². The lowest BCUT2D eigenvalue weighted by atomic mass is 10.1. The zero-order chi connectivity index (χ0) is 22.1. The van der Waals surface area contributed by atoms with Crippen molar-refractivity contribution < 1.29 is 9.59 Å². The third-order valence-electron chi connectivity index (χ3n) is 5.14. The Kier molecular flexibility index (Phi) is 9.44. The van der Waals surface area contributed by atoms with Crippen molar-refractivity contribution in [1.82, 2.24) is 10.2 Å². The third-order valence-corrected chi connectivity index (χ3v) is 6.13. The highest BCUT2D eigenvalue weighted by Gasteiger charge is 2.26. The molecule has 0 aliphatic rings. The number of hydrogen-bond donors (Lipinski definition) is 1. The number of carbonyl (C=O) groups is 2. The van der Waals surface area contributed by atoms with Crippen LogP contribution in [0.4, 0.5) is 0 Å². The van der Waals surface area contributed by atoms with E-state index in [1.807, 2.05) is 51.1 Å². The summed E-state index contributed by atoms with van der Waals surface area (Å²) in [7, 11) is 0. The third kappa shape index (κ3) is 7.52. The quantitative estimate of drug-likeness (QED) is 0.590. The fraction of sp³-hybridized carbons (Fsp3) is 0.440. The number of nitrogens with zero attached hydrogens (tertiary/aromatic N) is 1. The number of aryl methyl sites for hydroxylation is 2. The predicted octanol–water partition coefficient (Wildman–Crippen LogP) is 4.87. The van der Waals surface area contributed by atoms with Crippen LogP contribution in [0.1, 0.15) is 49.4 Å². The first-order valence-electron chi connectivity index (χ1n) is 10.6. The van der Waals surface area contributed by atoms with E-state index in [0.29, 0.717) is 12.3 Å². The molecule has 1 N–H and O–H groups in total. The van der Waals surface area contributed by atoms with Crippen LogP contribution < -0.4 is 5.32 Å². The van der Waals surface area contributed by atoms with Gasteiger partial charge in [-0.1, -0.05) is 66.6 Å². The Bertz CT molecular complexity index is 818. The molecular weight excluding hydrogens is 392 g/mol. The van der Waals surface area contributed by atoms with Crippen molar-refractivity contribution in [3.8, 4) is 0 Å². The zero-order valence-corrected chi connectivity index (χ0v) is 19.6. The molecule has 0 fully saturated rings. The second-order valence-electron chi connectivity index (χ2n) is 7.99. The molecule has 2 rings (SSSR count). The van der Waals surface area contributed by atoms with Crippen LogP contribution in [0, 0.1) is 13.8 Å². The van der Waals surface area contributed by atoms with E-state index in [1.54, 1.807) is 16.7 Å². The summed E-state index contributed by atoms with van der Waals surface area (Å²) < 4.78 is 0. The van der Waals surface area contributed by atoms with Gasteiger partial charge in [0.25, 0.3) is 0 Å². The Hall–Kier alpha value is -2.27. The van der Waals surface area contributed by atoms with Gasteiger partial charge in [0.2, 0.25) is 11.8 Å². The number of nitrogens with one attached hydrogen (secondary N) is 1. The van der Waals surface area contributed by atoms with Gasteiger partial charge in [-0.2, -0.15) is 0 Å². The molecule has 0 saturated heterocycles. The van der Waals surface area contributed by atoms with Crippen molar-refractivity contribution in [1.29, 1.82) is 0 Å². The van der Waals surface area contributed by atoms with E-state index in [4.69, 9.17) is 0 Å².